The lowest BCUT2D eigenvalue weighted by molar-refractivity contribution is 0.0698. The average molecular weight is 335 g/mol. The number of rotatable bonds is 7. The van der Waals surface area contributed by atoms with E-state index in [4.69, 9.17) is 9.05 Å². The molecule has 2 N–H and O–H groups in total. The molecule has 0 spiro atoms. The quantitative estimate of drug-likeness (QED) is 0.745. The van der Waals surface area contributed by atoms with Gasteiger partial charge in [-0.1, -0.05) is 42.5 Å². The van der Waals surface area contributed by atoms with E-state index in [1.807, 2.05) is 6.07 Å². The van der Waals surface area contributed by atoms with Crippen LogP contribution in [0.2, 0.25) is 0 Å². The second-order valence-corrected chi connectivity index (χ2v) is 7.04. The molecule has 0 unspecified atom stereocenters. The van der Waals surface area contributed by atoms with E-state index in [0.717, 1.165) is 0 Å². The van der Waals surface area contributed by atoms with Gasteiger partial charge in [-0.05, 0) is 17.7 Å². The van der Waals surface area contributed by atoms with Crippen molar-refractivity contribution < 1.29 is 23.5 Å². The molecule has 122 valence electrons. The molecule has 2 aromatic carbocycles. The summed E-state index contributed by atoms with van der Waals surface area (Å²) >= 11 is 0. The molecule has 0 radical (unpaired) electrons. The molecule has 23 heavy (non-hydrogen) atoms. The van der Waals surface area contributed by atoms with Gasteiger partial charge in [0.1, 0.15) is 0 Å². The highest BCUT2D eigenvalue weighted by Crippen LogP contribution is 2.59. The summed E-state index contributed by atoms with van der Waals surface area (Å²) in [5.74, 6) is -1.91. The van der Waals surface area contributed by atoms with Crippen LogP contribution in [0.25, 0.3) is 0 Å². The van der Waals surface area contributed by atoms with Crippen molar-refractivity contribution in [1.29, 1.82) is 0 Å². The molecule has 7 heteroatoms. The minimum absolute atomic E-state index is 0.0761. The van der Waals surface area contributed by atoms with Crippen LogP contribution in [0.4, 0.5) is 5.69 Å². The van der Waals surface area contributed by atoms with Gasteiger partial charge in [-0.25, -0.2) is 4.79 Å². The summed E-state index contributed by atoms with van der Waals surface area (Å²) in [4.78, 5) is 11.4. The Kier molecular flexibility index (Phi) is 5.55. The molecule has 0 aliphatic heterocycles. The molecular formula is C16H18NO5P. The van der Waals surface area contributed by atoms with Crippen molar-refractivity contribution in [3.8, 4) is 0 Å². The van der Waals surface area contributed by atoms with Crippen LogP contribution >= 0.6 is 7.60 Å². The highest BCUT2D eigenvalue weighted by atomic mass is 31.2. The highest BCUT2D eigenvalue weighted by Gasteiger charge is 2.36. The summed E-state index contributed by atoms with van der Waals surface area (Å²) in [6, 6.07) is 15.4. The lowest BCUT2D eigenvalue weighted by atomic mass is 10.1. The van der Waals surface area contributed by atoms with E-state index in [2.05, 4.69) is 5.32 Å². The minimum atomic E-state index is -3.53. The van der Waals surface area contributed by atoms with Gasteiger partial charge in [0, 0.05) is 19.9 Å². The summed E-state index contributed by atoms with van der Waals surface area (Å²) in [7, 11) is -0.940. The van der Waals surface area contributed by atoms with Crippen LogP contribution in [0.3, 0.4) is 0 Å². The van der Waals surface area contributed by atoms with Crippen LogP contribution in [-0.2, 0) is 13.6 Å². The number of nitrogens with one attached hydrogen (secondary N) is 1. The molecule has 0 saturated carbocycles. The molecule has 0 aliphatic rings. The molecule has 0 aromatic heterocycles. The van der Waals surface area contributed by atoms with E-state index < -0.39 is 19.3 Å². The van der Waals surface area contributed by atoms with Crippen molar-refractivity contribution in [2.45, 2.75) is 5.78 Å². The number of anilines is 1. The smallest absolute Gasteiger partial charge is 0.356 e. The Morgan fingerprint density at radius 1 is 1.04 bits per heavy atom. The number of carboxylic acid groups (broad SMARTS) is 1. The summed E-state index contributed by atoms with van der Waals surface area (Å²) in [5, 5.41) is 12.3. The Bertz CT molecular complexity index is 711. The minimum Gasteiger partial charge on any atom is -0.478 e. The number of para-hydroxylation sites is 1. The zero-order valence-electron chi connectivity index (χ0n) is 12.8. The van der Waals surface area contributed by atoms with Gasteiger partial charge in [-0.15, -0.1) is 0 Å². The van der Waals surface area contributed by atoms with Gasteiger partial charge in [-0.3, -0.25) is 4.57 Å². The first-order valence-corrected chi connectivity index (χ1v) is 8.48. The monoisotopic (exact) mass is 335 g/mol. The van der Waals surface area contributed by atoms with Crippen molar-refractivity contribution in [1.82, 2.24) is 0 Å². The molecule has 0 heterocycles. The first-order chi connectivity index (χ1) is 11.0. The first kappa shape index (κ1) is 17.2. The lowest BCUT2D eigenvalue weighted by Gasteiger charge is -2.27. The van der Waals surface area contributed by atoms with Gasteiger partial charge >= 0.3 is 13.6 Å². The maximum absolute atomic E-state index is 12.9. The number of benzene rings is 2. The van der Waals surface area contributed by atoms with E-state index in [1.165, 1.54) is 20.3 Å². The van der Waals surface area contributed by atoms with Gasteiger partial charge in [0.25, 0.3) is 0 Å². The first-order valence-electron chi connectivity index (χ1n) is 6.87. The van der Waals surface area contributed by atoms with Crippen LogP contribution in [0.15, 0.2) is 54.6 Å². The third kappa shape index (κ3) is 3.79. The Hall–Kier alpha value is -2.14. The summed E-state index contributed by atoms with van der Waals surface area (Å²) < 4.78 is 23.1. The van der Waals surface area contributed by atoms with Gasteiger partial charge in [-0.2, -0.15) is 0 Å². The summed E-state index contributed by atoms with van der Waals surface area (Å²) in [6.45, 7) is 0. The number of hydrogen-bond donors (Lipinski definition) is 2. The second-order valence-electron chi connectivity index (χ2n) is 4.71. The predicted molar refractivity (Wildman–Crippen MR) is 87.8 cm³/mol. The second kappa shape index (κ2) is 7.42. The SMILES string of the molecule is COP(=O)(OC)[C@@H](Nc1ccccc1C(=O)O)c1ccccc1. The molecule has 1 atom stereocenters. The zero-order chi connectivity index (χ0) is 16.9. The van der Waals surface area contributed by atoms with E-state index in [9.17, 15) is 14.5 Å². The fourth-order valence-electron chi connectivity index (χ4n) is 2.21. The Morgan fingerprint density at radius 2 is 1.61 bits per heavy atom. The van der Waals surface area contributed by atoms with Gasteiger partial charge in [0.2, 0.25) is 0 Å². The van der Waals surface area contributed by atoms with Crippen LogP contribution in [0.1, 0.15) is 21.7 Å². The fourth-order valence-corrected chi connectivity index (χ4v) is 3.61. The Balaban J connectivity index is 2.48. The standard InChI is InChI=1S/C16H18NO5P/c1-21-23(20,22-2)15(12-8-4-3-5-9-12)17-14-11-7-6-10-13(14)16(18)19/h3-11,15,17H,1-2H3,(H,18,19)/t15-/m1/s1. The molecular weight excluding hydrogens is 317 g/mol. The maximum Gasteiger partial charge on any atom is 0.356 e. The van der Waals surface area contributed by atoms with Crippen molar-refractivity contribution in [3.63, 3.8) is 0 Å². The summed E-state index contributed by atoms with van der Waals surface area (Å²) in [6.07, 6.45) is 0. The number of hydrogen-bond acceptors (Lipinski definition) is 5. The third-order valence-electron chi connectivity index (χ3n) is 3.39. The number of carboxylic acids is 1. The van der Waals surface area contributed by atoms with Crippen LogP contribution in [0, 0.1) is 0 Å². The summed E-state index contributed by atoms with van der Waals surface area (Å²) in [5.41, 5.74) is 1.08. The van der Waals surface area contributed by atoms with Crippen molar-refractivity contribution in [3.05, 3.63) is 65.7 Å². The molecule has 0 aliphatic carbocycles. The van der Waals surface area contributed by atoms with E-state index in [1.54, 1.807) is 42.5 Å². The van der Waals surface area contributed by atoms with E-state index >= 15 is 0 Å². The zero-order valence-corrected chi connectivity index (χ0v) is 13.7. The van der Waals surface area contributed by atoms with Crippen LogP contribution < -0.4 is 5.32 Å². The largest absolute Gasteiger partial charge is 0.478 e. The highest BCUT2D eigenvalue weighted by molar-refractivity contribution is 7.54. The lowest BCUT2D eigenvalue weighted by Crippen LogP contribution is -2.15. The molecule has 0 amide bonds. The fraction of sp³-hybridized carbons (Fsp3) is 0.188. The van der Waals surface area contributed by atoms with Crippen LogP contribution in [-0.4, -0.2) is 25.3 Å². The maximum atomic E-state index is 12.9. The molecule has 0 bridgehead atoms. The van der Waals surface area contributed by atoms with E-state index in [0.29, 0.717) is 11.3 Å². The van der Waals surface area contributed by atoms with E-state index in [-0.39, 0.29) is 5.56 Å². The molecule has 0 saturated heterocycles. The number of carbonyl (C=O) groups is 1. The Labute approximate surface area is 134 Å². The van der Waals surface area contributed by atoms with Crippen molar-refractivity contribution >= 4 is 19.3 Å². The normalized spacial score (nSPS) is 12.6. The molecule has 6 nitrogen and oxygen atoms in total. The van der Waals surface area contributed by atoms with Crippen LogP contribution in [0.5, 0.6) is 0 Å². The molecule has 2 aromatic rings. The van der Waals surface area contributed by atoms with Crippen molar-refractivity contribution in [2.75, 3.05) is 19.5 Å². The molecule has 0 fully saturated rings. The molecule has 2 rings (SSSR count). The predicted octanol–water partition coefficient (Wildman–Crippen LogP) is 3.98. The number of aromatic carboxylic acids is 1. The Morgan fingerprint density at radius 3 is 2.17 bits per heavy atom. The van der Waals surface area contributed by atoms with Gasteiger partial charge in [0.15, 0.2) is 5.78 Å². The third-order valence-corrected chi connectivity index (χ3v) is 5.47. The van der Waals surface area contributed by atoms with Crippen molar-refractivity contribution in [2.24, 2.45) is 0 Å². The van der Waals surface area contributed by atoms with Gasteiger partial charge in [0.05, 0.1) is 5.56 Å². The average Bonchev–Trinajstić information content (AvgIpc) is 2.60. The topological polar surface area (TPSA) is 84.9 Å². The van der Waals surface area contributed by atoms with Gasteiger partial charge < -0.3 is 19.5 Å².